The first-order valence-electron chi connectivity index (χ1n) is 10.0. The molecular formula is C28H22Hg. The van der Waals surface area contributed by atoms with Crippen LogP contribution in [0.2, 0.25) is 0 Å². The third kappa shape index (κ3) is 5.65. The van der Waals surface area contributed by atoms with Gasteiger partial charge < -0.3 is 0 Å². The van der Waals surface area contributed by atoms with Gasteiger partial charge in [-0.1, -0.05) is 0 Å². The summed E-state index contributed by atoms with van der Waals surface area (Å²) in [6.45, 7) is 0. The Bertz CT molecular complexity index is 989. The molecule has 4 rings (SSSR count). The van der Waals surface area contributed by atoms with E-state index in [-0.39, 0.29) is 0 Å². The van der Waals surface area contributed by atoms with Crippen molar-refractivity contribution in [1.29, 1.82) is 0 Å². The van der Waals surface area contributed by atoms with Crippen molar-refractivity contribution < 1.29 is 24.6 Å². The second-order valence-electron chi connectivity index (χ2n) is 7.07. The molecule has 0 aromatic heterocycles. The maximum absolute atomic E-state index is 2.40. The van der Waals surface area contributed by atoms with E-state index in [9.17, 15) is 0 Å². The summed E-state index contributed by atoms with van der Waals surface area (Å²) in [5, 5.41) is 0. The number of rotatable bonds is 6. The van der Waals surface area contributed by atoms with E-state index in [2.05, 4.69) is 133 Å². The summed E-state index contributed by atoms with van der Waals surface area (Å²) < 4.78 is 3.06. The predicted octanol–water partition coefficient (Wildman–Crippen LogP) is 7.47. The minimum absolute atomic E-state index is 1.28. The third-order valence-electron chi connectivity index (χ3n) is 4.95. The molecule has 0 nitrogen and oxygen atoms in total. The molecule has 136 valence electrons. The fraction of sp³-hybridized carbons (Fsp3) is 0. The molecule has 0 spiro atoms. The Labute approximate surface area is 185 Å². The van der Waals surface area contributed by atoms with E-state index in [0.29, 0.717) is 0 Å². The van der Waals surface area contributed by atoms with Crippen LogP contribution in [0, 0.1) is 0 Å². The van der Waals surface area contributed by atoms with Crippen LogP contribution in [0.1, 0.15) is 22.3 Å². The number of benzene rings is 4. The summed E-state index contributed by atoms with van der Waals surface area (Å²) in [5.41, 5.74) is 5.26. The molecule has 0 unspecified atom stereocenters. The molecule has 0 amide bonds. The summed E-state index contributed by atoms with van der Waals surface area (Å²) in [6, 6.07) is 43.2. The van der Waals surface area contributed by atoms with Crippen LogP contribution in [0.15, 0.2) is 121 Å². The first kappa shape index (κ1) is 19.6. The van der Waals surface area contributed by atoms with Gasteiger partial charge in [-0.2, -0.15) is 0 Å². The van der Waals surface area contributed by atoms with Gasteiger partial charge in [0.25, 0.3) is 0 Å². The first-order chi connectivity index (χ1) is 14.4. The second-order valence-corrected chi connectivity index (χ2v) is 14.4. The van der Waals surface area contributed by atoms with Crippen LogP contribution in [-0.4, -0.2) is 0 Å². The topological polar surface area (TPSA) is 0 Å². The Hall–Kier alpha value is -2.70. The van der Waals surface area contributed by atoms with Crippen LogP contribution in [0.25, 0.3) is 18.3 Å². The van der Waals surface area contributed by atoms with E-state index in [0.717, 1.165) is 0 Å². The normalized spacial score (nSPS) is 11.7. The van der Waals surface area contributed by atoms with Crippen LogP contribution in [0.3, 0.4) is 0 Å². The Morgan fingerprint density at radius 2 is 0.724 bits per heavy atom. The maximum atomic E-state index is 2.40. The minimum atomic E-state index is -1.67. The van der Waals surface area contributed by atoms with Gasteiger partial charge in [-0.15, -0.1) is 0 Å². The number of hydrogen-bond acceptors (Lipinski definition) is 0. The zero-order valence-electron chi connectivity index (χ0n) is 16.4. The fourth-order valence-electron chi connectivity index (χ4n) is 3.48. The molecule has 0 atom stereocenters. The van der Waals surface area contributed by atoms with Gasteiger partial charge >= 0.3 is 186 Å². The molecular weight excluding hydrogens is 537 g/mol. The summed E-state index contributed by atoms with van der Waals surface area (Å²) in [6.07, 6.45) is 4.80. The predicted molar refractivity (Wildman–Crippen MR) is 122 cm³/mol. The molecule has 4 aromatic rings. The van der Waals surface area contributed by atoms with E-state index in [4.69, 9.17) is 0 Å². The molecule has 0 radical (unpaired) electrons. The molecule has 0 bridgehead atoms. The standard InChI is InChI=1S/2C14H11.Hg/c2*1-3-7-13(8-4-1)11-12-14-9-5-2-6-10-14;/h2*1-11H;. The molecule has 0 fully saturated rings. The van der Waals surface area contributed by atoms with Crippen molar-refractivity contribution >= 4 is 18.3 Å². The SMILES string of the molecule is C(=[C]([Hg][C](=Cc1ccccc1)c1ccccc1)c1ccccc1)c1ccccc1. The van der Waals surface area contributed by atoms with Gasteiger partial charge in [-0.25, -0.2) is 0 Å². The van der Waals surface area contributed by atoms with E-state index in [1.807, 2.05) is 0 Å². The van der Waals surface area contributed by atoms with Gasteiger partial charge in [0.15, 0.2) is 0 Å². The van der Waals surface area contributed by atoms with Gasteiger partial charge in [-0.05, 0) is 0 Å². The monoisotopic (exact) mass is 560 g/mol. The summed E-state index contributed by atoms with van der Waals surface area (Å²) in [5.74, 6) is 0. The summed E-state index contributed by atoms with van der Waals surface area (Å²) in [7, 11) is 0. The Morgan fingerprint density at radius 1 is 0.414 bits per heavy atom. The number of hydrogen-bond donors (Lipinski definition) is 0. The van der Waals surface area contributed by atoms with Gasteiger partial charge in [-0.3, -0.25) is 0 Å². The quantitative estimate of drug-likeness (QED) is 0.170. The van der Waals surface area contributed by atoms with Crippen molar-refractivity contribution in [1.82, 2.24) is 0 Å². The van der Waals surface area contributed by atoms with Crippen LogP contribution < -0.4 is 0 Å². The zero-order valence-corrected chi connectivity index (χ0v) is 21.9. The molecule has 0 N–H and O–H groups in total. The Kier molecular flexibility index (Phi) is 6.88. The average Bonchev–Trinajstić information content (AvgIpc) is 2.81. The van der Waals surface area contributed by atoms with Crippen LogP contribution >= 0.6 is 0 Å². The summed E-state index contributed by atoms with van der Waals surface area (Å²) >= 11 is -1.67. The molecule has 4 aromatic carbocycles. The van der Waals surface area contributed by atoms with Crippen molar-refractivity contribution in [2.45, 2.75) is 0 Å². The molecule has 1 heteroatoms. The van der Waals surface area contributed by atoms with Gasteiger partial charge in [0.1, 0.15) is 0 Å². The molecule has 0 heterocycles. The average molecular weight is 559 g/mol. The molecule has 0 saturated carbocycles. The fourth-order valence-corrected chi connectivity index (χ4v) is 11.1. The zero-order chi connectivity index (χ0) is 19.7. The molecule has 0 aliphatic rings. The van der Waals surface area contributed by atoms with Gasteiger partial charge in [0, 0.05) is 0 Å². The Balaban J connectivity index is 1.78. The van der Waals surface area contributed by atoms with Crippen LogP contribution in [0.4, 0.5) is 0 Å². The molecule has 0 aliphatic carbocycles. The molecule has 0 aliphatic heterocycles. The van der Waals surface area contributed by atoms with Crippen molar-refractivity contribution in [3.05, 3.63) is 144 Å². The van der Waals surface area contributed by atoms with Crippen molar-refractivity contribution in [2.75, 3.05) is 0 Å². The Morgan fingerprint density at radius 3 is 1.07 bits per heavy atom. The third-order valence-corrected chi connectivity index (χ3v) is 12.7. The van der Waals surface area contributed by atoms with E-state index in [1.54, 1.807) is 0 Å². The van der Waals surface area contributed by atoms with Crippen LogP contribution in [-0.2, 0) is 24.6 Å². The van der Waals surface area contributed by atoms with E-state index >= 15 is 0 Å². The first-order valence-corrected chi connectivity index (χ1v) is 15.5. The molecule has 0 saturated heterocycles. The van der Waals surface area contributed by atoms with Crippen molar-refractivity contribution in [3.8, 4) is 0 Å². The van der Waals surface area contributed by atoms with E-state index in [1.165, 1.54) is 28.4 Å². The van der Waals surface area contributed by atoms with Gasteiger partial charge in [0.2, 0.25) is 0 Å². The van der Waals surface area contributed by atoms with Crippen molar-refractivity contribution in [2.24, 2.45) is 0 Å². The van der Waals surface area contributed by atoms with E-state index < -0.39 is 24.6 Å². The van der Waals surface area contributed by atoms with Crippen LogP contribution in [0.5, 0.6) is 0 Å². The second kappa shape index (κ2) is 10.2. The van der Waals surface area contributed by atoms with Gasteiger partial charge in [0.05, 0.1) is 0 Å². The summed E-state index contributed by atoms with van der Waals surface area (Å²) in [4.78, 5) is 0. The molecule has 29 heavy (non-hydrogen) atoms. The van der Waals surface area contributed by atoms with Crippen molar-refractivity contribution in [3.63, 3.8) is 0 Å².